The third-order valence-electron chi connectivity index (χ3n) is 7.16. The first-order valence-corrected chi connectivity index (χ1v) is 13.3. The molecule has 1 aliphatic carbocycles. The van der Waals surface area contributed by atoms with E-state index in [0.717, 1.165) is 22.8 Å². The lowest BCUT2D eigenvalue weighted by Crippen LogP contribution is -2.52. The highest BCUT2D eigenvalue weighted by atomic mass is 32.2. The zero-order chi connectivity index (χ0) is 23.5. The van der Waals surface area contributed by atoms with Gasteiger partial charge in [-0.1, -0.05) is 49.6 Å². The summed E-state index contributed by atoms with van der Waals surface area (Å²) in [5, 5.41) is 6.06. The quantitative estimate of drug-likeness (QED) is 0.462. The summed E-state index contributed by atoms with van der Waals surface area (Å²) in [6.45, 7) is 1.33. The van der Waals surface area contributed by atoms with Gasteiger partial charge in [-0.3, -0.25) is 19.7 Å². The van der Waals surface area contributed by atoms with Crippen LogP contribution in [0.2, 0.25) is 0 Å². The molecule has 2 aromatic carbocycles. The van der Waals surface area contributed by atoms with Gasteiger partial charge >= 0.3 is 0 Å². The molecule has 2 N–H and O–H groups in total. The number of nitrogens with one attached hydrogen (secondary N) is 2. The Labute approximate surface area is 204 Å². The monoisotopic (exact) mass is 477 g/mol. The molecule has 3 aliphatic rings. The van der Waals surface area contributed by atoms with Gasteiger partial charge in [0, 0.05) is 41.8 Å². The molecular weight excluding hydrogens is 446 g/mol. The number of amides is 3. The normalized spacial score (nSPS) is 21.0. The van der Waals surface area contributed by atoms with E-state index in [1.807, 2.05) is 18.2 Å². The molecule has 0 radical (unpaired) electrons. The van der Waals surface area contributed by atoms with Gasteiger partial charge in [0.2, 0.25) is 11.8 Å². The van der Waals surface area contributed by atoms with Crippen molar-refractivity contribution in [1.82, 2.24) is 15.5 Å². The van der Waals surface area contributed by atoms with Crippen LogP contribution in [-0.4, -0.2) is 34.7 Å². The summed E-state index contributed by atoms with van der Waals surface area (Å²) in [7, 11) is 0. The lowest BCUT2D eigenvalue weighted by molar-refractivity contribution is -0.136. The van der Waals surface area contributed by atoms with E-state index in [9.17, 15) is 14.4 Å². The zero-order valence-electron chi connectivity index (χ0n) is 19.3. The molecule has 1 saturated carbocycles. The van der Waals surface area contributed by atoms with E-state index in [4.69, 9.17) is 0 Å². The number of benzene rings is 2. The number of carbonyl (C=O) groups is 3. The van der Waals surface area contributed by atoms with Gasteiger partial charge in [-0.15, -0.1) is 11.8 Å². The van der Waals surface area contributed by atoms with Crippen LogP contribution in [-0.2, 0) is 28.4 Å². The fraction of sp³-hybridized carbons (Fsp3) is 0.444. The maximum Gasteiger partial charge on any atom is 0.255 e. The molecule has 1 unspecified atom stereocenters. The minimum absolute atomic E-state index is 0.123. The van der Waals surface area contributed by atoms with E-state index < -0.39 is 6.04 Å². The number of carbonyl (C=O) groups excluding carboxylic acids is 3. The van der Waals surface area contributed by atoms with Crippen molar-refractivity contribution in [2.75, 3.05) is 0 Å². The molecule has 2 heterocycles. The lowest BCUT2D eigenvalue weighted by Gasteiger charge is -2.29. The highest BCUT2D eigenvalue weighted by molar-refractivity contribution is 7.98. The molecule has 0 spiro atoms. The Morgan fingerprint density at radius 3 is 2.47 bits per heavy atom. The van der Waals surface area contributed by atoms with Crippen LogP contribution in [0.5, 0.6) is 0 Å². The Kier molecular flexibility index (Phi) is 7.02. The zero-order valence-corrected chi connectivity index (χ0v) is 20.2. The molecule has 2 aromatic rings. The second kappa shape index (κ2) is 10.3. The van der Waals surface area contributed by atoms with Gasteiger partial charge < -0.3 is 10.2 Å². The number of nitrogens with zero attached hydrogens (tertiary/aromatic N) is 1. The molecular formula is C27H31N3O3S. The van der Waals surface area contributed by atoms with Gasteiger partial charge in [-0.25, -0.2) is 0 Å². The van der Waals surface area contributed by atoms with Crippen molar-refractivity contribution in [1.29, 1.82) is 0 Å². The van der Waals surface area contributed by atoms with Crippen LogP contribution in [0.4, 0.5) is 0 Å². The van der Waals surface area contributed by atoms with Gasteiger partial charge in [-0.2, -0.15) is 0 Å². The van der Waals surface area contributed by atoms with Gasteiger partial charge in [0.15, 0.2) is 0 Å². The summed E-state index contributed by atoms with van der Waals surface area (Å²) >= 11 is 1.72. The van der Waals surface area contributed by atoms with Crippen LogP contribution in [0.1, 0.15) is 72.0 Å². The number of piperidine rings is 1. The lowest BCUT2D eigenvalue weighted by atomic mass is 9.95. The average Bonchev–Trinajstić information content (AvgIpc) is 3.19. The summed E-state index contributed by atoms with van der Waals surface area (Å²) in [6, 6.07) is 14.7. The predicted octanol–water partition coefficient (Wildman–Crippen LogP) is 4.16. The Balaban J connectivity index is 1.19. The fourth-order valence-electron chi connectivity index (χ4n) is 5.18. The first-order valence-electron chi connectivity index (χ1n) is 12.3. The van der Waals surface area contributed by atoms with Crippen LogP contribution < -0.4 is 10.6 Å². The van der Waals surface area contributed by atoms with Gasteiger partial charge in [0.25, 0.3) is 5.91 Å². The molecule has 2 aliphatic heterocycles. The second-order valence-corrected chi connectivity index (χ2v) is 10.5. The highest BCUT2D eigenvalue weighted by Crippen LogP contribution is 2.35. The maximum absolute atomic E-state index is 13.0. The van der Waals surface area contributed by atoms with E-state index in [-0.39, 0.29) is 24.1 Å². The SMILES string of the molecule is O=C1CCC(N2Cc3c(SCc4ccc(CNC5CCCCC5)cc4)cccc3C2=O)C(=O)N1. The Hall–Kier alpha value is -2.64. The largest absolute Gasteiger partial charge is 0.322 e. The molecule has 2 fully saturated rings. The first-order chi connectivity index (χ1) is 16.6. The summed E-state index contributed by atoms with van der Waals surface area (Å²) < 4.78 is 0. The van der Waals surface area contributed by atoms with Crippen LogP contribution in [0.25, 0.3) is 0 Å². The Bertz CT molecular complexity index is 1080. The molecule has 3 amide bonds. The summed E-state index contributed by atoms with van der Waals surface area (Å²) in [6.07, 6.45) is 7.29. The minimum atomic E-state index is -0.579. The molecule has 7 heteroatoms. The summed E-state index contributed by atoms with van der Waals surface area (Å²) in [4.78, 5) is 39.5. The van der Waals surface area contributed by atoms with Crippen molar-refractivity contribution in [3.8, 4) is 0 Å². The van der Waals surface area contributed by atoms with E-state index in [2.05, 4.69) is 34.9 Å². The first kappa shape index (κ1) is 23.1. The Morgan fingerprint density at radius 2 is 1.71 bits per heavy atom. The predicted molar refractivity (Wildman–Crippen MR) is 132 cm³/mol. The fourth-order valence-corrected chi connectivity index (χ4v) is 6.21. The number of hydrogen-bond donors (Lipinski definition) is 2. The second-order valence-electron chi connectivity index (χ2n) is 9.50. The number of rotatable bonds is 7. The van der Waals surface area contributed by atoms with Crippen molar-refractivity contribution < 1.29 is 14.4 Å². The highest BCUT2D eigenvalue weighted by Gasteiger charge is 2.39. The van der Waals surface area contributed by atoms with Crippen LogP contribution in [0.3, 0.4) is 0 Å². The van der Waals surface area contributed by atoms with Crippen molar-refractivity contribution in [2.45, 2.75) is 80.8 Å². The van der Waals surface area contributed by atoms with Crippen LogP contribution >= 0.6 is 11.8 Å². The van der Waals surface area contributed by atoms with E-state index in [1.165, 1.54) is 43.2 Å². The molecule has 6 nitrogen and oxygen atoms in total. The molecule has 1 atom stereocenters. The summed E-state index contributed by atoms with van der Waals surface area (Å²) in [5.41, 5.74) is 4.20. The Morgan fingerprint density at radius 1 is 0.941 bits per heavy atom. The minimum Gasteiger partial charge on any atom is -0.322 e. The van der Waals surface area contributed by atoms with Crippen molar-refractivity contribution in [3.63, 3.8) is 0 Å². The molecule has 34 heavy (non-hydrogen) atoms. The van der Waals surface area contributed by atoms with Crippen molar-refractivity contribution in [2.24, 2.45) is 0 Å². The number of hydrogen-bond acceptors (Lipinski definition) is 5. The standard InChI is InChI=1S/C27H31N3O3S/c31-25-14-13-23(26(32)29-25)30-16-22-21(27(30)33)7-4-8-24(22)34-17-19-11-9-18(10-12-19)15-28-20-5-2-1-3-6-20/h4,7-12,20,23,28H,1-3,5-6,13-17H2,(H,29,31,32). The molecule has 178 valence electrons. The third-order valence-corrected chi connectivity index (χ3v) is 8.33. The van der Waals surface area contributed by atoms with E-state index in [1.54, 1.807) is 16.7 Å². The molecule has 5 rings (SSSR count). The summed E-state index contributed by atoms with van der Waals surface area (Å²) in [5.74, 6) is 0.0586. The van der Waals surface area contributed by atoms with Gasteiger partial charge in [0.05, 0.1) is 0 Å². The van der Waals surface area contributed by atoms with Crippen molar-refractivity contribution in [3.05, 3.63) is 64.7 Å². The molecule has 0 aromatic heterocycles. The number of thioether (sulfide) groups is 1. The smallest absolute Gasteiger partial charge is 0.255 e. The van der Waals surface area contributed by atoms with E-state index in [0.29, 0.717) is 24.6 Å². The molecule has 1 saturated heterocycles. The van der Waals surface area contributed by atoms with Crippen LogP contribution in [0.15, 0.2) is 47.4 Å². The van der Waals surface area contributed by atoms with E-state index >= 15 is 0 Å². The van der Waals surface area contributed by atoms with Crippen molar-refractivity contribution >= 4 is 29.5 Å². The topological polar surface area (TPSA) is 78.5 Å². The van der Waals surface area contributed by atoms with Gasteiger partial charge in [0.1, 0.15) is 6.04 Å². The average molecular weight is 478 g/mol. The van der Waals surface area contributed by atoms with Crippen LogP contribution in [0, 0.1) is 0 Å². The molecule has 0 bridgehead atoms. The third kappa shape index (κ3) is 5.05. The number of fused-ring (bicyclic) bond motifs is 1. The maximum atomic E-state index is 13.0. The van der Waals surface area contributed by atoms with Gasteiger partial charge in [-0.05, 0) is 48.1 Å². The number of imide groups is 1.